The van der Waals surface area contributed by atoms with Crippen molar-refractivity contribution in [2.45, 2.75) is 6.92 Å². The Hall–Kier alpha value is -1.03. The first-order valence-corrected chi connectivity index (χ1v) is 4.42. The van der Waals surface area contributed by atoms with Gasteiger partial charge in [0.05, 0.1) is 12.7 Å². The highest BCUT2D eigenvalue weighted by Gasteiger charge is 2.13. The summed E-state index contributed by atoms with van der Waals surface area (Å²) < 4.78 is 5.38. The molecular formula is C9H9BrO3. The second-order valence-electron chi connectivity index (χ2n) is 2.60. The number of phenols is 1. The third-order valence-corrected chi connectivity index (χ3v) is 2.48. The molecule has 1 aromatic carbocycles. The fraction of sp³-hybridized carbons (Fsp3) is 0.222. The van der Waals surface area contributed by atoms with Crippen LogP contribution in [0.5, 0.6) is 11.5 Å². The molecule has 0 unspecified atom stereocenters. The number of aromatic hydroxyl groups is 1. The van der Waals surface area contributed by atoms with Gasteiger partial charge in [-0.3, -0.25) is 4.79 Å². The van der Waals surface area contributed by atoms with E-state index in [0.29, 0.717) is 27.6 Å². The van der Waals surface area contributed by atoms with Crippen molar-refractivity contribution < 1.29 is 14.6 Å². The second-order valence-corrected chi connectivity index (χ2v) is 3.39. The summed E-state index contributed by atoms with van der Waals surface area (Å²) in [4.78, 5) is 10.6. The Morgan fingerprint density at radius 1 is 1.62 bits per heavy atom. The topological polar surface area (TPSA) is 46.5 Å². The third kappa shape index (κ3) is 1.67. The molecule has 0 saturated carbocycles. The summed E-state index contributed by atoms with van der Waals surface area (Å²) in [6, 6.07) is 1.58. The molecule has 3 nitrogen and oxygen atoms in total. The minimum absolute atomic E-state index is 0.0995. The lowest BCUT2D eigenvalue weighted by atomic mass is 10.1. The van der Waals surface area contributed by atoms with Gasteiger partial charge in [0.15, 0.2) is 6.29 Å². The summed E-state index contributed by atoms with van der Waals surface area (Å²) in [5.74, 6) is 0.459. The second kappa shape index (κ2) is 3.79. The van der Waals surface area contributed by atoms with Gasteiger partial charge in [-0.25, -0.2) is 0 Å². The summed E-state index contributed by atoms with van der Waals surface area (Å²) in [6.45, 7) is 1.71. The summed E-state index contributed by atoms with van der Waals surface area (Å²) >= 11 is 3.15. The van der Waals surface area contributed by atoms with E-state index < -0.39 is 0 Å². The lowest BCUT2D eigenvalue weighted by Gasteiger charge is -2.09. The molecule has 13 heavy (non-hydrogen) atoms. The number of hydrogen-bond donors (Lipinski definition) is 1. The van der Waals surface area contributed by atoms with E-state index in [1.165, 1.54) is 7.11 Å². The number of benzene rings is 1. The molecule has 0 aliphatic rings. The van der Waals surface area contributed by atoms with Crippen LogP contribution in [0.4, 0.5) is 0 Å². The fourth-order valence-electron chi connectivity index (χ4n) is 1.07. The number of aryl methyl sites for hydroxylation is 1. The number of carbonyl (C=O) groups is 1. The molecule has 0 aliphatic heterocycles. The molecule has 0 bridgehead atoms. The van der Waals surface area contributed by atoms with E-state index in [2.05, 4.69) is 15.9 Å². The first-order chi connectivity index (χ1) is 6.11. The minimum atomic E-state index is 0.0995. The Bertz CT molecular complexity index is 347. The molecule has 0 fully saturated rings. The molecule has 0 heterocycles. The number of halogens is 1. The van der Waals surface area contributed by atoms with Gasteiger partial charge in [-0.15, -0.1) is 0 Å². The van der Waals surface area contributed by atoms with Crippen LogP contribution in [-0.4, -0.2) is 18.5 Å². The van der Waals surface area contributed by atoms with Crippen molar-refractivity contribution in [3.05, 3.63) is 21.7 Å². The highest BCUT2D eigenvalue weighted by Crippen LogP contribution is 2.38. The van der Waals surface area contributed by atoms with Crippen LogP contribution < -0.4 is 4.74 Å². The molecule has 0 radical (unpaired) electrons. The molecule has 0 aliphatic carbocycles. The lowest BCUT2D eigenvalue weighted by molar-refractivity contribution is 0.112. The van der Waals surface area contributed by atoms with E-state index >= 15 is 0 Å². The molecule has 0 aromatic heterocycles. The maximum absolute atomic E-state index is 10.6. The maximum Gasteiger partial charge on any atom is 0.153 e. The normalized spacial score (nSPS) is 9.77. The van der Waals surface area contributed by atoms with E-state index in [1.807, 2.05) is 0 Å². The van der Waals surface area contributed by atoms with Gasteiger partial charge in [-0.05, 0) is 34.5 Å². The van der Waals surface area contributed by atoms with Gasteiger partial charge in [-0.1, -0.05) is 0 Å². The predicted molar refractivity (Wildman–Crippen MR) is 52.5 cm³/mol. The standard InChI is InChI=1S/C9H9BrO3/c1-5-3-6(4-11)9(13-2)7(10)8(5)12/h3-4,12H,1-2H3. The number of hydrogen-bond acceptors (Lipinski definition) is 3. The van der Waals surface area contributed by atoms with Gasteiger partial charge in [0.2, 0.25) is 0 Å². The smallest absolute Gasteiger partial charge is 0.153 e. The molecule has 0 amide bonds. The van der Waals surface area contributed by atoms with Gasteiger partial charge < -0.3 is 9.84 Å². The molecule has 1 aromatic rings. The van der Waals surface area contributed by atoms with E-state index in [-0.39, 0.29) is 5.75 Å². The molecule has 0 spiro atoms. The van der Waals surface area contributed by atoms with Crippen molar-refractivity contribution in [1.82, 2.24) is 0 Å². The van der Waals surface area contributed by atoms with Crippen LogP contribution in [0.2, 0.25) is 0 Å². The largest absolute Gasteiger partial charge is 0.506 e. The van der Waals surface area contributed by atoms with E-state index in [9.17, 15) is 9.90 Å². The molecule has 0 saturated heterocycles. The van der Waals surface area contributed by atoms with E-state index in [1.54, 1.807) is 13.0 Å². The zero-order chi connectivity index (χ0) is 10.0. The zero-order valence-electron chi connectivity index (χ0n) is 7.30. The van der Waals surface area contributed by atoms with Crippen molar-refractivity contribution in [3.63, 3.8) is 0 Å². The maximum atomic E-state index is 10.6. The third-order valence-electron chi connectivity index (χ3n) is 1.75. The van der Waals surface area contributed by atoms with Crippen LogP contribution in [0.1, 0.15) is 15.9 Å². The summed E-state index contributed by atoms with van der Waals surface area (Å²) in [5.41, 5.74) is 1.06. The highest BCUT2D eigenvalue weighted by molar-refractivity contribution is 9.10. The van der Waals surface area contributed by atoms with Crippen molar-refractivity contribution >= 4 is 22.2 Å². The summed E-state index contributed by atoms with van der Waals surface area (Å²) in [6.07, 6.45) is 0.691. The average molecular weight is 245 g/mol. The van der Waals surface area contributed by atoms with Crippen LogP contribution in [0.15, 0.2) is 10.5 Å². The minimum Gasteiger partial charge on any atom is -0.506 e. The average Bonchev–Trinajstić information content (AvgIpc) is 2.13. The first kappa shape index (κ1) is 10.1. The first-order valence-electron chi connectivity index (χ1n) is 3.63. The molecule has 70 valence electrons. The number of ether oxygens (including phenoxy) is 1. The molecule has 1 rings (SSSR count). The van der Waals surface area contributed by atoms with Crippen molar-refractivity contribution in [1.29, 1.82) is 0 Å². The molecule has 4 heteroatoms. The van der Waals surface area contributed by atoms with Gasteiger partial charge in [0, 0.05) is 0 Å². The van der Waals surface area contributed by atoms with Gasteiger partial charge in [0.1, 0.15) is 16.0 Å². The lowest BCUT2D eigenvalue weighted by Crippen LogP contribution is -1.93. The van der Waals surface area contributed by atoms with Crippen molar-refractivity contribution in [2.24, 2.45) is 0 Å². The summed E-state index contributed by atoms with van der Waals surface area (Å²) in [5, 5.41) is 9.50. The Morgan fingerprint density at radius 2 is 2.23 bits per heavy atom. The SMILES string of the molecule is COc1c(C=O)cc(C)c(O)c1Br. The van der Waals surface area contributed by atoms with E-state index in [4.69, 9.17) is 4.74 Å². The van der Waals surface area contributed by atoms with Gasteiger partial charge in [0.25, 0.3) is 0 Å². The monoisotopic (exact) mass is 244 g/mol. The highest BCUT2D eigenvalue weighted by atomic mass is 79.9. The Balaban J connectivity index is 3.47. The zero-order valence-corrected chi connectivity index (χ0v) is 8.88. The predicted octanol–water partition coefficient (Wildman–Crippen LogP) is 2.28. The van der Waals surface area contributed by atoms with Crippen molar-refractivity contribution in [2.75, 3.05) is 7.11 Å². The number of phenolic OH excluding ortho intramolecular Hbond substituents is 1. The number of methoxy groups -OCH3 is 1. The van der Waals surface area contributed by atoms with Gasteiger partial charge in [-0.2, -0.15) is 0 Å². The van der Waals surface area contributed by atoms with Crippen molar-refractivity contribution in [3.8, 4) is 11.5 Å². The van der Waals surface area contributed by atoms with Crippen LogP contribution >= 0.6 is 15.9 Å². The van der Waals surface area contributed by atoms with Crippen LogP contribution in [-0.2, 0) is 0 Å². The van der Waals surface area contributed by atoms with Crippen LogP contribution in [0.25, 0.3) is 0 Å². The molecule has 0 atom stereocenters. The number of aldehydes is 1. The number of rotatable bonds is 2. The Morgan fingerprint density at radius 3 is 2.69 bits per heavy atom. The Kier molecular flexibility index (Phi) is 2.93. The molecule has 1 N–H and O–H groups in total. The quantitative estimate of drug-likeness (QED) is 0.813. The number of carbonyl (C=O) groups excluding carboxylic acids is 1. The summed E-state index contributed by atoms with van der Waals surface area (Å²) in [7, 11) is 1.45. The fourth-order valence-corrected chi connectivity index (χ4v) is 1.77. The van der Waals surface area contributed by atoms with E-state index in [0.717, 1.165) is 0 Å². The van der Waals surface area contributed by atoms with Crippen LogP contribution in [0.3, 0.4) is 0 Å². The molecular weight excluding hydrogens is 236 g/mol. The van der Waals surface area contributed by atoms with Gasteiger partial charge >= 0.3 is 0 Å². The van der Waals surface area contributed by atoms with Crippen LogP contribution in [0, 0.1) is 6.92 Å². The Labute approximate surface area is 84.5 Å².